The molecule has 0 aromatic carbocycles. The highest BCUT2D eigenvalue weighted by Gasteiger charge is 2.15. The Morgan fingerprint density at radius 1 is 1.21 bits per heavy atom. The van der Waals surface area contributed by atoms with Crippen LogP contribution in [0.25, 0.3) is 0 Å². The van der Waals surface area contributed by atoms with Crippen LogP contribution in [0.5, 0.6) is 0 Å². The van der Waals surface area contributed by atoms with Crippen LogP contribution in [0, 0.1) is 0 Å². The minimum atomic E-state index is -0.376. The van der Waals surface area contributed by atoms with E-state index in [-0.39, 0.29) is 11.6 Å². The minimum Gasteiger partial charge on any atom is -0.460 e. The second-order valence-corrected chi connectivity index (χ2v) is 6.37. The molecule has 0 unspecified atom stereocenters. The van der Waals surface area contributed by atoms with Gasteiger partial charge in [-0.15, -0.1) is 0 Å². The van der Waals surface area contributed by atoms with Gasteiger partial charge in [0.25, 0.3) is 0 Å². The van der Waals surface area contributed by atoms with Crippen LogP contribution in [0.1, 0.15) is 53.9 Å². The van der Waals surface area contributed by atoms with Gasteiger partial charge in [0.1, 0.15) is 5.60 Å². The highest BCUT2D eigenvalue weighted by Crippen LogP contribution is 2.07. The maximum atomic E-state index is 11.4. The molecular weight excluding hydrogens is 240 g/mol. The predicted molar refractivity (Wildman–Crippen MR) is 80.3 cm³/mol. The number of ether oxygens (including phenoxy) is 1. The number of carbonyl (C=O) groups excluding carboxylic acids is 1. The van der Waals surface area contributed by atoms with Gasteiger partial charge in [0.05, 0.1) is 6.42 Å². The van der Waals surface area contributed by atoms with E-state index in [1.807, 2.05) is 20.8 Å². The zero-order chi connectivity index (χ0) is 14.9. The fraction of sp³-hybridized carbons (Fsp3) is 0.933. The van der Waals surface area contributed by atoms with Gasteiger partial charge in [-0.3, -0.25) is 4.79 Å². The van der Waals surface area contributed by atoms with Crippen LogP contribution in [-0.2, 0) is 9.53 Å². The lowest BCUT2D eigenvalue weighted by molar-refractivity contribution is -0.154. The molecule has 0 spiro atoms. The Bertz CT molecular complexity index is 247. The number of nitrogens with one attached hydrogen (secondary N) is 1. The third-order valence-corrected chi connectivity index (χ3v) is 2.92. The lowest BCUT2D eigenvalue weighted by atomic mass is 10.2. The number of hydrogen-bond acceptors (Lipinski definition) is 4. The van der Waals surface area contributed by atoms with E-state index < -0.39 is 0 Å². The fourth-order valence-electron chi connectivity index (χ4n) is 1.58. The van der Waals surface area contributed by atoms with Crippen LogP contribution < -0.4 is 5.32 Å². The maximum Gasteiger partial charge on any atom is 0.307 e. The molecule has 4 nitrogen and oxygen atoms in total. The van der Waals surface area contributed by atoms with Crippen LogP contribution in [0.2, 0.25) is 0 Å². The molecule has 0 amide bonds. The Hall–Kier alpha value is -0.610. The van der Waals surface area contributed by atoms with Crippen molar-refractivity contribution in [1.82, 2.24) is 10.2 Å². The summed E-state index contributed by atoms with van der Waals surface area (Å²) in [6.45, 7) is 12.9. The van der Waals surface area contributed by atoms with Gasteiger partial charge >= 0.3 is 5.97 Å². The van der Waals surface area contributed by atoms with Gasteiger partial charge in [-0.25, -0.2) is 0 Å². The molecule has 0 radical (unpaired) electrons. The first-order valence-corrected chi connectivity index (χ1v) is 7.35. The molecule has 0 aliphatic carbocycles. The topological polar surface area (TPSA) is 41.6 Å². The smallest absolute Gasteiger partial charge is 0.307 e. The van der Waals surface area contributed by atoms with Crippen molar-refractivity contribution < 1.29 is 9.53 Å². The first-order valence-electron chi connectivity index (χ1n) is 7.35. The molecule has 0 aliphatic heterocycles. The molecule has 0 aliphatic rings. The predicted octanol–water partition coefficient (Wildman–Crippen LogP) is 2.43. The van der Waals surface area contributed by atoms with Gasteiger partial charge in [0, 0.05) is 12.6 Å². The molecule has 0 atom stereocenters. The normalized spacial score (nSPS) is 12.2. The molecule has 0 bridgehead atoms. The number of carbonyl (C=O) groups is 1. The van der Waals surface area contributed by atoms with Crippen LogP contribution in [0.4, 0.5) is 0 Å². The number of nitrogens with zero attached hydrogens (tertiary/aromatic N) is 1. The summed E-state index contributed by atoms with van der Waals surface area (Å²) in [5.74, 6) is -0.125. The summed E-state index contributed by atoms with van der Waals surface area (Å²) in [6.07, 6.45) is 2.78. The number of esters is 1. The Balaban J connectivity index is 3.39. The zero-order valence-corrected chi connectivity index (χ0v) is 13.6. The lowest BCUT2D eigenvalue weighted by Gasteiger charge is -2.20. The first kappa shape index (κ1) is 18.4. The Kier molecular flexibility index (Phi) is 9.02. The van der Waals surface area contributed by atoms with Crippen LogP contribution in [-0.4, -0.2) is 49.2 Å². The van der Waals surface area contributed by atoms with E-state index in [1.165, 1.54) is 6.42 Å². The second-order valence-electron chi connectivity index (χ2n) is 6.37. The minimum absolute atomic E-state index is 0.125. The van der Waals surface area contributed by atoms with Gasteiger partial charge in [-0.2, -0.15) is 0 Å². The van der Waals surface area contributed by atoms with Crippen LogP contribution >= 0.6 is 0 Å². The largest absolute Gasteiger partial charge is 0.460 e. The van der Waals surface area contributed by atoms with Crippen LogP contribution in [0.15, 0.2) is 0 Å². The third-order valence-electron chi connectivity index (χ3n) is 2.92. The summed E-state index contributed by atoms with van der Waals surface area (Å²) in [4.78, 5) is 13.8. The molecule has 19 heavy (non-hydrogen) atoms. The Morgan fingerprint density at radius 2 is 1.84 bits per heavy atom. The summed E-state index contributed by atoms with van der Waals surface area (Å²) >= 11 is 0. The van der Waals surface area contributed by atoms with Crippen molar-refractivity contribution in [2.24, 2.45) is 0 Å². The molecular formula is C15H32N2O2. The Morgan fingerprint density at radius 3 is 2.37 bits per heavy atom. The highest BCUT2D eigenvalue weighted by molar-refractivity contribution is 5.70. The van der Waals surface area contributed by atoms with E-state index in [2.05, 4.69) is 31.1 Å². The molecule has 4 heteroatoms. The fourth-order valence-corrected chi connectivity index (χ4v) is 1.58. The van der Waals surface area contributed by atoms with E-state index in [9.17, 15) is 4.79 Å². The SMILES string of the molecule is CC(C)N(C)CCCCNCCC(=O)OC(C)(C)C. The van der Waals surface area contributed by atoms with Gasteiger partial charge in [0.2, 0.25) is 0 Å². The molecule has 0 aromatic rings. The summed E-state index contributed by atoms with van der Waals surface area (Å²) in [7, 11) is 2.15. The summed E-state index contributed by atoms with van der Waals surface area (Å²) in [5, 5.41) is 3.29. The van der Waals surface area contributed by atoms with Crippen LogP contribution in [0.3, 0.4) is 0 Å². The van der Waals surface area contributed by atoms with E-state index in [0.29, 0.717) is 19.0 Å². The van der Waals surface area contributed by atoms with Crippen molar-refractivity contribution >= 4 is 5.97 Å². The zero-order valence-electron chi connectivity index (χ0n) is 13.6. The quantitative estimate of drug-likeness (QED) is 0.517. The van der Waals surface area contributed by atoms with Crippen molar-refractivity contribution in [2.45, 2.75) is 65.5 Å². The number of rotatable bonds is 9. The molecule has 0 heterocycles. The Labute approximate surface area is 118 Å². The monoisotopic (exact) mass is 272 g/mol. The molecule has 114 valence electrons. The highest BCUT2D eigenvalue weighted by atomic mass is 16.6. The third kappa shape index (κ3) is 12.2. The summed E-state index contributed by atoms with van der Waals surface area (Å²) in [5.41, 5.74) is -0.376. The van der Waals surface area contributed by atoms with E-state index in [0.717, 1.165) is 19.5 Å². The van der Waals surface area contributed by atoms with Gasteiger partial charge in [-0.1, -0.05) is 0 Å². The van der Waals surface area contributed by atoms with Crippen molar-refractivity contribution in [3.05, 3.63) is 0 Å². The standard InChI is InChI=1S/C15H32N2O2/c1-13(2)17(6)12-8-7-10-16-11-9-14(18)19-15(3,4)5/h13,16H,7-12H2,1-6H3. The number of unbranched alkanes of at least 4 members (excludes halogenated alkanes) is 1. The molecule has 0 aromatic heterocycles. The maximum absolute atomic E-state index is 11.4. The summed E-state index contributed by atoms with van der Waals surface area (Å²) in [6, 6.07) is 0.611. The molecule has 0 saturated carbocycles. The lowest BCUT2D eigenvalue weighted by Crippen LogP contribution is -2.28. The second kappa shape index (κ2) is 9.32. The molecule has 1 N–H and O–H groups in total. The van der Waals surface area contributed by atoms with Crippen molar-refractivity contribution in [3.63, 3.8) is 0 Å². The average molecular weight is 272 g/mol. The van der Waals surface area contributed by atoms with Gasteiger partial charge in [0.15, 0.2) is 0 Å². The van der Waals surface area contributed by atoms with Gasteiger partial charge < -0.3 is 15.0 Å². The molecule has 0 rings (SSSR count). The van der Waals surface area contributed by atoms with Crippen molar-refractivity contribution in [1.29, 1.82) is 0 Å². The number of hydrogen-bond donors (Lipinski definition) is 1. The molecule has 0 fully saturated rings. The first-order chi connectivity index (χ1) is 8.72. The summed E-state index contributed by atoms with van der Waals surface area (Å²) < 4.78 is 5.24. The van der Waals surface area contributed by atoms with Crippen molar-refractivity contribution in [2.75, 3.05) is 26.7 Å². The van der Waals surface area contributed by atoms with E-state index in [1.54, 1.807) is 0 Å². The van der Waals surface area contributed by atoms with Gasteiger partial charge in [-0.05, 0) is 67.6 Å². The van der Waals surface area contributed by atoms with E-state index >= 15 is 0 Å². The molecule has 0 saturated heterocycles. The van der Waals surface area contributed by atoms with E-state index in [4.69, 9.17) is 4.74 Å². The van der Waals surface area contributed by atoms with Crippen molar-refractivity contribution in [3.8, 4) is 0 Å². The average Bonchev–Trinajstić information content (AvgIpc) is 2.24.